The first-order chi connectivity index (χ1) is 7.08. The van der Waals surface area contributed by atoms with Crippen LogP contribution in [0.4, 0.5) is 13.2 Å². The van der Waals surface area contributed by atoms with Gasteiger partial charge in [-0.1, -0.05) is 0 Å². The maximum Gasteiger partial charge on any atom is 0.190 e. The number of allylic oxidation sites excluding steroid dienone is 1. The molecular weight excluding hydrogens is 205 g/mol. The van der Waals surface area contributed by atoms with Crippen molar-refractivity contribution >= 4 is 0 Å². The molecule has 4 heteroatoms. The fraction of sp³-hybridized carbons (Fsp3) is 0.273. The van der Waals surface area contributed by atoms with Crippen molar-refractivity contribution in [1.82, 2.24) is 0 Å². The molecule has 0 heterocycles. The molecule has 0 aliphatic carbocycles. The highest BCUT2D eigenvalue weighted by atomic mass is 19.1. The van der Waals surface area contributed by atoms with Crippen LogP contribution in [0.3, 0.4) is 0 Å². The van der Waals surface area contributed by atoms with E-state index in [1.807, 2.05) is 0 Å². The van der Waals surface area contributed by atoms with Crippen LogP contribution < -0.4 is 4.74 Å². The van der Waals surface area contributed by atoms with Crippen molar-refractivity contribution in [1.29, 1.82) is 0 Å². The molecule has 1 aromatic carbocycles. The van der Waals surface area contributed by atoms with Gasteiger partial charge in [0.1, 0.15) is 0 Å². The molecule has 0 amide bonds. The molecule has 0 atom stereocenters. The second-order valence-corrected chi connectivity index (χ2v) is 3.22. The zero-order chi connectivity index (χ0) is 11.4. The van der Waals surface area contributed by atoms with E-state index in [-0.39, 0.29) is 6.42 Å². The van der Waals surface area contributed by atoms with Crippen LogP contribution in [0.5, 0.6) is 5.75 Å². The molecule has 0 saturated heterocycles. The molecule has 0 fully saturated rings. The highest BCUT2D eigenvalue weighted by Gasteiger charge is 2.11. The zero-order valence-corrected chi connectivity index (χ0v) is 8.48. The predicted molar refractivity (Wildman–Crippen MR) is 51.5 cm³/mol. The summed E-state index contributed by atoms with van der Waals surface area (Å²) in [5.74, 6) is -1.97. The van der Waals surface area contributed by atoms with E-state index in [1.165, 1.54) is 7.11 Å². The molecule has 0 spiro atoms. The first-order valence-electron chi connectivity index (χ1n) is 4.36. The van der Waals surface area contributed by atoms with Crippen LogP contribution in [0, 0.1) is 11.6 Å². The minimum absolute atomic E-state index is 0.175. The normalized spacial score (nSPS) is 11.7. The summed E-state index contributed by atoms with van der Waals surface area (Å²) in [6.07, 6.45) is 0.592. The third-order valence-electron chi connectivity index (χ3n) is 1.93. The van der Waals surface area contributed by atoms with Crippen LogP contribution in [-0.4, -0.2) is 7.11 Å². The van der Waals surface area contributed by atoms with Gasteiger partial charge in [-0.05, 0) is 36.6 Å². The van der Waals surface area contributed by atoms with Crippen LogP contribution in [0.2, 0.25) is 0 Å². The molecule has 0 bridgehead atoms. The van der Waals surface area contributed by atoms with E-state index < -0.39 is 17.4 Å². The summed E-state index contributed by atoms with van der Waals surface area (Å²) in [4.78, 5) is 0. The van der Waals surface area contributed by atoms with Crippen molar-refractivity contribution in [3.63, 3.8) is 0 Å². The van der Waals surface area contributed by atoms with E-state index >= 15 is 0 Å². The lowest BCUT2D eigenvalue weighted by molar-refractivity contribution is 0.359. The summed E-state index contributed by atoms with van der Waals surface area (Å²) >= 11 is 0. The number of methoxy groups -OCH3 is 1. The molecule has 82 valence electrons. The van der Waals surface area contributed by atoms with E-state index in [0.717, 1.165) is 12.1 Å². The van der Waals surface area contributed by atoms with E-state index in [0.29, 0.717) is 17.5 Å². The monoisotopic (exact) mass is 216 g/mol. The van der Waals surface area contributed by atoms with Gasteiger partial charge in [-0.15, -0.1) is 0 Å². The third-order valence-corrected chi connectivity index (χ3v) is 1.93. The van der Waals surface area contributed by atoms with Gasteiger partial charge >= 0.3 is 0 Å². The fourth-order valence-corrected chi connectivity index (χ4v) is 1.27. The van der Waals surface area contributed by atoms with Crippen molar-refractivity contribution in [2.24, 2.45) is 0 Å². The SMILES string of the molecule is COc1c(F)cc(C/C(C)=C\F)cc1F. The highest BCUT2D eigenvalue weighted by molar-refractivity contribution is 5.32. The van der Waals surface area contributed by atoms with Gasteiger partial charge in [-0.2, -0.15) is 0 Å². The molecule has 1 rings (SSSR count). The Kier molecular flexibility index (Phi) is 3.77. The summed E-state index contributed by atoms with van der Waals surface area (Å²) in [6, 6.07) is 2.27. The van der Waals surface area contributed by atoms with Crippen molar-refractivity contribution in [3.8, 4) is 5.75 Å². The summed E-state index contributed by atoms with van der Waals surface area (Å²) in [5.41, 5.74) is 0.774. The van der Waals surface area contributed by atoms with Crippen LogP contribution in [0.25, 0.3) is 0 Å². The van der Waals surface area contributed by atoms with Crippen molar-refractivity contribution in [2.75, 3.05) is 7.11 Å². The van der Waals surface area contributed by atoms with Crippen LogP contribution in [0.1, 0.15) is 12.5 Å². The Morgan fingerprint density at radius 2 is 1.87 bits per heavy atom. The van der Waals surface area contributed by atoms with E-state index in [1.54, 1.807) is 6.92 Å². The van der Waals surface area contributed by atoms with Gasteiger partial charge in [0.15, 0.2) is 17.4 Å². The molecular formula is C11H11F3O. The van der Waals surface area contributed by atoms with E-state index in [2.05, 4.69) is 4.74 Å². The molecule has 0 aliphatic heterocycles. The molecule has 0 radical (unpaired) electrons. The standard InChI is InChI=1S/C11H11F3O/c1-7(6-12)3-8-4-9(13)11(15-2)10(14)5-8/h4-6H,3H2,1-2H3/b7-6-. The lowest BCUT2D eigenvalue weighted by Gasteiger charge is -2.06. The second-order valence-electron chi connectivity index (χ2n) is 3.22. The van der Waals surface area contributed by atoms with Crippen molar-refractivity contribution in [3.05, 3.63) is 41.2 Å². The van der Waals surface area contributed by atoms with Gasteiger partial charge in [-0.3, -0.25) is 0 Å². The van der Waals surface area contributed by atoms with Crippen molar-refractivity contribution in [2.45, 2.75) is 13.3 Å². The Morgan fingerprint density at radius 1 is 1.33 bits per heavy atom. The molecule has 0 aromatic heterocycles. The number of hydrogen-bond acceptors (Lipinski definition) is 1. The van der Waals surface area contributed by atoms with Gasteiger partial charge in [0.2, 0.25) is 0 Å². The maximum atomic E-state index is 13.2. The zero-order valence-electron chi connectivity index (χ0n) is 8.48. The van der Waals surface area contributed by atoms with Crippen molar-refractivity contribution < 1.29 is 17.9 Å². The van der Waals surface area contributed by atoms with E-state index in [9.17, 15) is 13.2 Å². The van der Waals surface area contributed by atoms with E-state index in [4.69, 9.17) is 0 Å². The van der Waals surface area contributed by atoms with Crippen LogP contribution in [-0.2, 0) is 6.42 Å². The molecule has 0 unspecified atom stereocenters. The maximum absolute atomic E-state index is 13.2. The highest BCUT2D eigenvalue weighted by Crippen LogP contribution is 2.23. The summed E-state index contributed by atoms with van der Waals surface area (Å²) in [7, 11) is 1.19. The first kappa shape index (κ1) is 11.6. The van der Waals surface area contributed by atoms with Crippen LogP contribution in [0.15, 0.2) is 24.0 Å². The molecule has 15 heavy (non-hydrogen) atoms. The minimum atomic E-state index is -0.779. The molecule has 0 aliphatic rings. The average Bonchev–Trinajstić information content (AvgIpc) is 2.17. The second kappa shape index (κ2) is 4.87. The Balaban J connectivity index is 3.03. The lowest BCUT2D eigenvalue weighted by atomic mass is 10.1. The quantitative estimate of drug-likeness (QED) is 0.752. The third kappa shape index (κ3) is 2.75. The number of halogens is 3. The van der Waals surface area contributed by atoms with Gasteiger partial charge in [-0.25, -0.2) is 13.2 Å². The minimum Gasteiger partial charge on any atom is -0.491 e. The predicted octanol–water partition coefficient (Wildman–Crippen LogP) is 3.39. The molecule has 0 saturated carbocycles. The number of ether oxygens (including phenoxy) is 1. The summed E-state index contributed by atoms with van der Waals surface area (Å²) in [5, 5.41) is 0. The largest absolute Gasteiger partial charge is 0.491 e. The molecule has 1 nitrogen and oxygen atoms in total. The average molecular weight is 216 g/mol. The van der Waals surface area contributed by atoms with Gasteiger partial charge < -0.3 is 4.74 Å². The Bertz CT molecular complexity index is 362. The fourth-order valence-electron chi connectivity index (χ4n) is 1.27. The molecule has 0 N–H and O–H groups in total. The van der Waals surface area contributed by atoms with Gasteiger partial charge in [0.05, 0.1) is 13.4 Å². The number of hydrogen-bond donors (Lipinski definition) is 0. The summed E-state index contributed by atoms with van der Waals surface area (Å²) in [6.45, 7) is 1.54. The summed E-state index contributed by atoms with van der Waals surface area (Å²) < 4.78 is 42.9. The van der Waals surface area contributed by atoms with Gasteiger partial charge in [0.25, 0.3) is 0 Å². The topological polar surface area (TPSA) is 9.23 Å². The number of rotatable bonds is 3. The van der Waals surface area contributed by atoms with Crippen LogP contribution >= 0.6 is 0 Å². The smallest absolute Gasteiger partial charge is 0.190 e. The lowest BCUT2D eigenvalue weighted by Crippen LogP contribution is -1.96. The Hall–Kier alpha value is -1.45. The van der Waals surface area contributed by atoms with Gasteiger partial charge in [0, 0.05) is 0 Å². The Labute approximate surface area is 86.2 Å². The Morgan fingerprint density at radius 3 is 2.27 bits per heavy atom. The first-order valence-corrected chi connectivity index (χ1v) is 4.36. The number of benzene rings is 1. The molecule has 1 aromatic rings.